The van der Waals surface area contributed by atoms with Gasteiger partial charge in [-0.15, -0.1) is 0 Å². The number of H-pyrrole nitrogens is 1. The summed E-state index contributed by atoms with van der Waals surface area (Å²) in [7, 11) is 1.61. The Bertz CT molecular complexity index is 1790. The van der Waals surface area contributed by atoms with Gasteiger partial charge in [0.2, 0.25) is 0 Å². The van der Waals surface area contributed by atoms with E-state index in [2.05, 4.69) is 20.4 Å². The summed E-state index contributed by atoms with van der Waals surface area (Å²) in [5, 5.41) is 7.05. The van der Waals surface area contributed by atoms with Crippen LogP contribution in [0, 0.1) is 5.82 Å². The Kier molecular flexibility index (Phi) is 6.91. The number of nitrogens with one attached hydrogen (secondary N) is 2. The molecular weight excluding hydrogens is 542 g/mol. The van der Waals surface area contributed by atoms with Gasteiger partial charge in [-0.2, -0.15) is 18.3 Å². The molecule has 0 unspecified atom stereocenters. The van der Waals surface area contributed by atoms with Gasteiger partial charge in [-0.3, -0.25) is 4.79 Å². The van der Waals surface area contributed by atoms with E-state index in [9.17, 15) is 22.4 Å². The van der Waals surface area contributed by atoms with Crippen molar-refractivity contribution in [2.24, 2.45) is 0 Å². The molecule has 6 rings (SSSR count). The number of aromatic amines is 1. The monoisotopic (exact) mass is 567 g/mol. The molecule has 4 aromatic heterocycles. The number of pyridine rings is 1. The van der Waals surface area contributed by atoms with Crippen molar-refractivity contribution < 1.29 is 22.3 Å². The normalized spacial score (nSPS) is 13.8. The third-order valence-corrected chi connectivity index (χ3v) is 6.90. The van der Waals surface area contributed by atoms with Gasteiger partial charge in [0.05, 0.1) is 24.0 Å². The van der Waals surface area contributed by atoms with Crippen molar-refractivity contribution >= 4 is 11.0 Å². The van der Waals surface area contributed by atoms with Crippen LogP contribution in [0.15, 0.2) is 59.8 Å². The Balaban J connectivity index is 1.46. The molecule has 212 valence electrons. The average molecular weight is 568 g/mol. The van der Waals surface area contributed by atoms with E-state index in [1.807, 2.05) is 0 Å². The van der Waals surface area contributed by atoms with E-state index in [1.165, 1.54) is 23.0 Å². The van der Waals surface area contributed by atoms with Gasteiger partial charge >= 0.3 is 6.18 Å². The maximum absolute atomic E-state index is 14.4. The molecule has 0 spiro atoms. The lowest BCUT2D eigenvalue weighted by Crippen LogP contribution is -2.21. The Morgan fingerprint density at radius 3 is 2.73 bits per heavy atom. The summed E-state index contributed by atoms with van der Waals surface area (Å²) >= 11 is 0. The maximum atomic E-state index is 14.4. The Hall–Kier alpha value is -4.36. The maximum Gasteiger partial charge on any atom is 0.433 e. The first kappa shape index (κ1) is 26.8. The van der Waals surface area contributed by atoms with E-state index in [1.54, 1.807) is 25.3 Å². The minimum Gasteiger partial charge on any atom is -0.383 e. The first-order valence-electron chi connectivity index (χ1n) is 13.0. The second-order valence-electron chi connectivity index (χ2n) is 9.84. The van der Waals surface area contributed by atoms with Crippen molar-refractivity contribution in [3.05, 3.63) is 88.2 Å². The van der Waals surface area contributed by atoms with Gasteiger partial charge < -0.3 is 15.0 Å². The van der Waals surface area contributed by atoms with Crippen LogP contribution >= 0.6 is 0 Å². The molecular formula is C28H25F4N7O2. The molecule has 4 heterocycles. The fourth-order valence-corrected chi connectivity index (χ4v) is 4.75. The molecule has 0 saturated heterocycles. The zero-order chi connectivity index (χ0) is 28.7. The minimum absolute atomic E-state index is 0.0860. The number of hydrogen-bond donors (Lipinski definition) is 2. The number of fused-ring (bicyclic) bond motifs is 1. The van der Waals surface area contributed by atoms with Crippen LogP contribution in [0.2, 0.25) is 0 Å². The Morgan fingerprint density at radius 1 is 1.15 bits per heavy atom. The fourth-order valence-electron chi connectivity index (χ4n) is 4.75. The van der Waals surface area contributed by atoms with E-state index >= 15 is 0 Å². The predicted molar refractivity (Wildman–Crippen MR) is 143 cm³/mol. The number of hydrogen-bond acceptors (Lipinski definition) is 6. The molecule has 1 aromatic carbocycles. The van der Waals surface area contributed by atoms with Gasteiger partial charge in [0.1, 0.15) is 29.2 Å². The third-order valence-electron chi connectivity index (χ3n) is 6.90. The number of nitrogens with zero attached hydrogens (tertiary/aromatic N) is 5. The summed E-state index contributed by atoms with van der Waals surface area (Å²) in [5.41, 5.74) is 1.52. The second-order valence-corrected chi connectivity index (χ2v) is 9.84. The molecule has 0 aliphatic heterocycles. The van der Waals surface area contributed by atoms with E-state index in [0.717, 1.165) is 36.9 Å². The highest BCUT2D eigenvalue weighted by Crippen LogP contribution is 2.41. The second kappa shape index (κ2) is 10.6. The molecule has 0 atom stereocenters. The number of methoxy groups -OCH3 is 1. The van der Waals surface area contributed by atoms with Gasteiger partial charge in [0, 0.05) is 49.1 Å². The van der Waals surface area contributed by atoms with Crippen LogP contribution in [0.1, 0.15) is 35.8 Å². The number of aromatic nitrogens is 6. The van der Waals surface area contributed by atoms with Crippen molar-refractivity contribution in [3.63, 3.8) is 0 Å². The number of halogens is 4. The lowest BCUT2D eigenvalue weighted by molar-refractivity contribution is -0.142. The standard InChI is InChI=1S/C28H25F4N7O2/c1-41-9-8-33-14-19-13-22-26(36-19)27(40)38(15-34-22)25-11-17(10-21(37-25)16-2-3-16)20-5-4-18(29)12-23(20)39-24(6-7-35-39)28(30,31)32/h4-7,10-13,15-16,33,36H,2-3,8-9,14H2,1H3. The summed E-state index contributed by atoms with van der Waals surface area (Å²) in [6, 6.07) is 9.56. The lowest BCUT2D eigenvalue weighted by Gasteiger charge is -2.16. The van der Waals surface area contributed by atoms with Gasteiger partial charge in [-0.25, -0.2) is 23.6 Å². The number of rotatable bonds is 9. The van der Waals surface area contributed by atoms with Gasteiger partial charge in [0.15, 0.2) is 0 Å². The molecule has 5 aromatic rings. The molecule has 9 nitrogen and oxygen atoms in total. The van der Waals surface area contributed by atoms with Crippen LogP contribution in [0.5, 0.6) is 0 Å². The molecule has 1 saturated carbocycles. The highest BCUT2D eigenvalue weighted by atomic mass is 19.4. The Morgan fingerprint density at radius 2 is 1.98 bits per heavy atom. The van der Waals surface area contributed by atoms with Crippen molar-refractivity contribution in [2.75, 3.05) is 20.3 Å². The molecule has 41 heavy (non-hydrogen) atoms. The minimum atomic E-state index is -4.70. The highest BCUT2D eigenvalue weighted by molar-refractivity contribution is 5.76. The third kappa shape index (κ3) is 5.37. The SMILES string of the molecule is COCCNCc1cc2ncn(-c3cc(-c4ccc(F)cc4-n4nccc4C(F)(F)F)cc(C4CC4)n3)c(=O)c2[nH]1. The zero-order valence-electron chi connectivity index (χ0n) is 21.9. The summed E-state index contributed by atoms with van der Waals surface area (Å²) < 4.78 is 62.5. The van der Waals surface area contributed by atoms with Crippen molar-refractivity contribution in [2.45, 2.75) is 31.5 Å². The molecule has 0 radical (unpaired) electrons. The topological polar surface area (TPSA) is 103 Å². The molecule has 0 bridgehead atoms. The smallest absolute Gasteiger partial charge is 0.383 e. The summed E-state index contributed by atoms with van der Waals surface area (Å²) in [6.07, 6.45) is -0.517. The average Bonchev–Trinajstić information content (AvgIpc) is 3.51. The highest BCUT2D eigenvalue weighted by Gasteiger charge is 2.36. The van der Waals surface area contributed by atoms with Crippen LogP contribution in [0.25, 0.3) is 33.7 Å². The first-order valence-corrected chi connectivity index (χ1v) is 13.0. The number of alkyl halides is 3. The number of benzene rings is 1. The van der Waals surface area contributed by atoms with E-state index in [-0.39, 0.29) is 23.0 Å². The van der Waals surface area contributed by atoms with Crippen molar-refractivity contribution in [1.82, 2.24) is 34.6 Å². The summed E-state index contributed by atoms with van der Waals surface area (Å²) in [5.74, 6) is -0.310. The summed E-state index contributed by atoms with van der Waals surface area (Å²) in [4.78, 5) is 25.8. The molecule has 0 amide bonds. The van der Waals surface area contributed by atoms with E-state index in [0.29, 0.717) is 52.2 Å². The largest absolute Gasteiger partial charge is 0.433 e. The van der Waals surface area contributed by atoms with Gasteiger partial charge in [-0.05, 0) is 54.8 Å². The van der Waals surface area contributed by atoms with Crippen LogP contribution in [0.3, 0.4) is 0 Å². The fraction of sp³-hybridized carbons (Fsp3) is 0.286. The van der Waals surface area contributed by atoms with Crippen LogP contribution in [-0.4, -0.2) is 49.6 Å². The summed E-state index contributed by atoms with van der Waals surface area (Å²) in [6.45, 7) is 1.67. The van der Waals surface area contributed by atoms with E-state index < -0.39 is 17.7 Å². The zero-order valence-corrected chi connectivity index (χ0v) is 21.9. The number of ether oxygens (including phenoxy) is 1. The van der Waals surface area contributed by atoms with E-state index in [4.69, 9.17) is 9.72 Å². The predicted octanol–water partition coefficient (Wildman–Crippen LogP) is 4.73. The molecule has 1 fully saturated rings. The van der Waals surface area contributed by atoms with Crippen molar-refractivity contribution in [1.29, 1.82) is 0 Å². The van der Waals surface area contributed by atoms with Gasteiger partial charge in [0.25, 0.3) is 5.56 Å². The van der Waals surface area contributed by atoms with Crippen LogP contribution in [0.4, 0.5) is 17.6 Å². The molecule has 1 aliphatic carbocycles. The van der Waals surface area contributed by atoms with Crippen molar-refractivity contribution in [3.8, 4) is 22.6 Å². The van der Waals surface area contributed by atoms with Gasteiger partial charge in [-0.1, -0.05) is 0 Å². The molecule has 2 N–H and O–H groups in total. The Labute approximate surface area is 230 Å². The lowest BCUT2D eigenvalue weighted by atomic mass is 10.0. The van der Waals surface area contributed by atoms with Crippen LogP contribution < -0.4 is 10.9 Å². The van der Waals surface area contributed by atoms with Crippen LogP contribution in [-0.2, 0) is 17.5 Å². The molecule has 1 aliphatic rings. The molecule has 13 heteroatoms. The first-order chi connectivity index (χ1) is 19.7. The quantitative estimate of drug-likeness (QED) is 0.197.